The topological polar surface area (TPSA) is 78.4 Å². The average Bonchev–Trinajstić information content (AvgIpc) is 1.95. The van der Waals surface area contributed by atoms with E-state index >= 15 is 0 Å². The van der Waals surface area contributed by atoms with E-state index in [1.165, 1.54) is 0 Å². The Hall–Kier alpha value is -1.10. The van der Waals surface area contributed by atoms with Gasteiger partial charge in [0.2, 0.25) is 5.91 Å². The molecule has 0 saturated carbocycles. The van der Waals surface area contributed by atoms with Crippen molar-refractivity contribution in [2.75, 3.05) is 13.2 Å². The lowest BCUT2D eigenvalue weighted by Gasteiger charge is -2.20. The molecule has 1 unspecified atom stereocenters. The smallest absolute Gasteiger partial charge is 0.321 e. The monoisotopic (exact) mass is 158 g/mol. The van der Waals surface area contributed by atoms with E-state index in [1.807, 2.05) is 0 Å². The Morgan fingerprint density at radius 3 is 2.82 bits per heavy atom. The first kappa shape index (κ1) is 8.00. The molecule has 1 heterocycles. The third kappa shape index (κ3) is 1.91. The molecule has 1 atom stereocenters. The number of hydrogen-bond acceptors (Lipinski definition) is 3. The lowest BCUT2D eigenvalue weighted by molar-refractivity contribution is -0.125. The van der Waals surface area contributed by atoms with Crippen LogP contribution in [0.2, 0.25) is 0 Å². The van der Waals surface area contributed by atoms with Crippen molar-refractivity contribution in [1.29, 1.82) is 0 Å². The van der Waals surface area contributed by atoms with Crippen LogP contribution in [0.15, 0.2) is 0 Å². The second kappa shape index (κ2) is 3.34. The molecule has 62 valence electrons. The molecule has 0 aromatic heterocycles. The number of carbonyl (C=O) groups is 2. The lowest BCUT2D eigenvalue weighted by Crippen LogP contribution is -2.52. The Morgan fingerprint density at radius 2 is 2.27 bits per heavy atom. The van der Waals surface area contributed by atoms with Gasteiger partial charge in [-0.3, -0.25) is 10.1 Å². The van der Waals surface area contributed by atoms with Crippen molar-refractivity contribution in [3.63, 3.8) is 0 Å². The van der Waals surface area contributed by atoms with Crippen molar-refractivity contribution in [2.45, 2.75) is 6.42 Å². The zero-order chi connectivity index (χ0) is 8.27. The molecule has 0 aromatic carbocycles. The Balaban J connectivity index is 2.44. The zero-order valence-corrected chi connectivity index (χ0v) is 5.96. The SMILES string of the molecule is O=C1NCC(CCO)C(=O)N1. The highest BCUT2D eigenvalue weighted by molar-refractivity contribution is 5.97. The lowest BCUT2D eigenvalue weighted by atomic mass is 10.0. The van der Waals surface area contributed by atoms with E-state index in [9.17, 15) is 9.59 Å². The Labute approximate surface area is 63.8 Å². The summed E-state index contributed by atoms with van der Waals surface area (Å²) < 4.78 is 0. The summed E-state index contributed by atoms with van der Waals surface area (Å²) in [5, 5.41) is 13.1. The van der Waals surface area contributed by atoms with Crippen LogP contribution in [0, 0.1) is 5.92 Å². The molecular formula is C6H10N2O3. The van der Waals surface area contributed by atoms with Crippen LogP contribution in [0.4, 0.5) is 4.79 Å². The molecule has 5 heteroatoms. The van der Waals surface area contributed by atoms with Gasteiger partial charge in [0, 0.05) is 13.2 Å². The van der Waals surface area contributed by atoms with Gasteiger partial charge >= 0.3 is 6.03 Å². The van der Waals surface area contributed by atoms with Crippen LogP contribution < -0.4 is 10.6 Å². The minimum Gasteiger partial charge on any atom is -0.396 e. The molecule has 0 bridgehead atoms. The first-order chi connectivity index (χ1) is 5.24. The first-order valence-corrected chi connectivity index (χ1v) is 3.43. The third-order valence-electron chi connectivity index (χ3n) is 1.59. The van der Waals surface area contributed by atoms with Gasteiger partial charge < -0.3 is 10.4 Å². The second-order valence-corrected chi connectivity index (χ2v) is 2.41. The molecule has 5 nitrogen and oxygen atoms in total. The fourth-order valence-corrected chi connectivity index (χ4v) is 0.956. The van der Waals surface area contributed by atoms with Crippen LogP contribution in [-0.4, -0.2) is 30.2 Å². The van der Waals surface area contributed by atoms with Crippen molar-refractivity contribution in [3.8, 4) is 0 Å². The maximum atomic E-state index is 10.9. The minimum absolute atomic E-state index is 0.0338. The van der Waals surface area contributed by atoms with Gasteiger partial charge in [0.25, 0.3) is 0 Å². The molecule has 0 aromatic rings. The molecule has 1 aliphatic rings. The van der Waals surface area contributed by atoms with Gasteiger partial charge in [-0.2, -0.15) is 0 Å². The predicted octanol–water partition coefficient (Wildman–Crippen LogP) is -1.18. The number of aliphatic hydroxyl groups excluding tert-OH is 1. The number of imide groups is 1. The molecule has 1 fully saturated rings. The largest absolute Gasteiger partial charge is 0.396 e. The normalized spacial score (nSPS) is 24.3. The highest BCUT2D eigenvalue weighted by Gasteiger charge is 2.24. The van der Waals surface area contributed by atoms with Crippen molar-refractivity contribution in [2.24, 2.45) is 5.92 Å². The molecule has 0 spiro atoms. The molecular weight excluding hydrogens is 148 g/mol. The summed E-state index contributed by atoms with van der Waals surface area (Å²) in [4.78, 5) is 21.4. The predicted molar refractivity (Wildman–Crippen MR) is 36.7 cm³/mol. The number of carbonyl (C=O) groups excluding carboxylic acids is 2. The number of rotatable bonds is 2. The average molecular weight is 158 g/mol. The Morgan fingerprint density at radius 1 is 1.55 bits per heavy atom. The molecule has 0 aliphatic carbocycles. The molecule has 3 amide bonds. The maximum Gasteiger partial charge on any atom is 0.321 e. The van der Waals surface area contributed by atoms with E-state index in [4.69, 9.17) is 5.11 Å². The van der Waals surface area contributed by atoms with Gasteiger partial charge in [-0.15, -0.1) is 0 Å². The summed E-state index contributed by atoms with van der Waals surface area (Å²) in [5.74, 6) is -0.583. The summed E-state index contributed by atoms with van der Waals surface area (Å²) in [6, 6.07) is -0.454. The summed E-state index contributed by atoms with van der Waals surface area (Å²) in [5.41, 5.74) is 0. The quantitative estimate of drug-likeness (QED) is 0.473. The highest BCUT2D eigenvalue weighted by atomic mass is 16.3. The van der Waals surface area contributed by atoms with Crippen molar-refractivity contribution in [1.82, 2.24) is 10.6 Å². The summed E-state index contributed by atoms with van der Waals surface area (Å²) in [6.45, 7) is 0.291. The van der Waals surface area contributed by atoms with Gasteiger partial charge in [-0.25, -0.2) is 4.79 Å². The molecule has 11 heavy (non-hydrogen) atoms. The van der Waals surface area contributed by atoms with Crippen LogP contribution >= 0.6 is 0 Å². The molecule has 0 radical (unpaired) electrons. The van der Waals surface area contributed by atoms with Crippen molar-refractivity contribution in [3.05, 3.63) is 0 Å². The van der Waals surface area contributed by atoms with E-state index in [-0.39, 0.29) is 18.4 Å². The van der Waals surface area contributed by atoms with E-state index in [1.54, 1.807) is 0 Å². The Bertz CT molecular complexity index is 181. The van der Waals surface area contributed by atoms with E-state index in [0.29, 0.717) is 13.0 Å². The van der Waals surface area contributed by atoms with Gasteiger partial charge in [-0.1, -0.05) is 0 Å². The molecule has 1 rings (SSSR count). The Kier molecular flexibility index (Phi) is 2.43. The van der Waals surface area contributed by atoms with Crippen LogP contribution in [0.25, 0.3) is 0 Å². The van der Waals surface area contributed by atoms with Gasteiger partial charge in [0.1, 0.15) is 0 Å². The van der Waals surface area contributed by atoms with E-state index in [0.717, 1.165) is 0 Å². The number of hydrogen-bond donors (Lipinski definition) is 3. The molecule has 1 aliphatic heterocycles. The zero-order valence-electron chi connectivity index (χ0n) is 5.96. The van der Waals surface area contributed by atoms with Gasteiger partial charge in [0.15, 0.2) is 0 Å². The number of nitrogens with one attached hydrogen (secondary N) is 2. The third-order valence-corrected chi connectivity index (χ3v) is 1.59. The minimum atomic E-state index is -0.454. The van der Waals surface area contributed by atoms with Gasteiger partial charge in [-0.05, 0) is 6.42 Å². The van der Waals surface area contributed by atoms with Crippen LogP contribution in [0.3, 0.4) is 0 Å². The standard InChI is InChI=1S/C6H10N2O3/c9-2-1-4-3-7-6(11)8-5(4)10/h4,9H,1-3H2,(H2,7,8,10,11). The summed E-state index contributed by atoms with van der Waals surface area (Å²) in [7, 11) is 0. The van der Waals surface area contributed by atoms with E-state index < -0.39 is 6.03 Å². The number of aliphatic hydroxyl groups is 1. The van der Waals surface area contributed by atoms with Gasteiger partial charge in [0.05, 0.1) is 5.92 Å². The van der Waals surface area contributed by atoms with Crippen LogP contribution in [0.5, 0.6) is 0 Å². The molecule has 3 N–H and O–H groups in total. The second-order valence-electron chi connectivity index (χ2n) is 2.41. The number of urea groups is 1. The fourth-order valence-electron chi connectivity index (χ4n) is 0.956. The van der Waals surface area contributed by atoms with Crippen molar-refractivity contribution >= 4 is 11.9 Å². The fraction of sp³-hybridized carbons (Fsp3) is 0.667. The number of amides is 3. The van der Waals surface area contributed by atoms with Crippen molar-refractivity contribution < 1.29 is 14.7 Å². The highest BCUT2D eigenvalue weighted by Crippen LogP contribution is 2.03. The maximum absolute atomic E-state index is 10.9. The van der Waals surface area contributed by atoms with Crippen LogP contribution in [-0.2, 0) is 4.79 Å². The summed E-state index contributed by atoms with van der Waals surface area (Å²) in [6.07, 6.45) is 0.395. The van der Waals surface area contributed by atoms with E-state index in [2.05, 4.69) is 10.6 Å². The van der Waals surface area contributed by atoms with Crippen LogP contribution in [0.1, 0.15) is 6.42 Å². The first-order valence-electron chi connectivity index (χ1n) is 3.43. The summed E-state index contributed by atoms with van der Waals surface area (Å²) >= 11 is 0. The molecule has 1 saturated heterocycles.